The van der Waals surface area contributed by atoms with Gasteiger partial charge in [0.05, 0.1) is 5.71 Å². The molecule has 20 heavy (non-hydrogen) atoms. The Morgan fingerprint density at radius 3 is 2.50 bits per heavy atom. The second kappa shape index (κ2) is 7.93. The largest absolute Gasteiger partial charge is 0.481 e. The fraction of sp³-hybridized carbons (Fsp3) is 0.357. The summed E-state index contributed by atoms with van der Waals surface area (Å²) in [6, 6.07) is 7.36. The lowest BCUT2D eigenvalue weighted by Gasteiger charge is -2.05. The third-order valence-electron chi connectivity index (χ3n) is 2.65. The van der Waals surface area contributed by atoms with Gasteiger partial charge in [0.25, 0.3) is 0 Å². The molecule has 0 radical (unpaired) electrons. The van der Waals surface area contributed by atoms with Crippen molar-refractivity contribution in [1.82, 2.24) is 10.7 Å². The zero-order valence-corrected chi connectivity index (χ0v) is 11.6. The van der Waals surface area contributed by atoms with Crippen molar-refractivity contribution in [3.63, 3.8) is 0 Å². The predicted octanol–water partition coefficient (Wildman–Crippen LogP) is 1.88. The normalized spacial score (nSPS) is 11.0. The molecule has 0 fully saturated rings. The van der Waals surface area contributed by atoms with Gasteiger partial charge in [-0.2, -0.15) is 5.10 Å². The zero-order valence-electron chi connectivity index (χ0n) is 11.6. The van der Waals surface area contributed by atoms with Crippen molar-refractivity contribution in [2.75, 3.05) is 6.54 Å². The summed E-state index contributed by atoms with van der Waals surface area (Å²) in [5.74, 6) is -0.875. The molecule has 0 aromatic heterocycles. The van der Waals surface area contributed by atoms with Crippen LogP contribution >= 0.6 is 0 Å². The standard InChI is InChI=1S/C14H19N3O3/c1-10-5-7-12(8-6-10)11(2)16-17-14(20)15-9-3-4-13(18)19/h5-8H,3-4,9H2,1-2H3,(H,18,19)(H2,15,17,20)/b16-11+. The zero-order chi connectivity index (χ0) is 15.0. The molecule has 6 nitrogen and oxygen atoms in total. The van der Waals surface area contributed by atoms with Crippen LogP contribution in [0.4, 0.5) is 4.79 Å². The average molecular weight is 277 g/mol. The number of hydrogen-bond donors (Lipinski definition) is 3. The van der Waals surface area contributed by atoms with Crippen LogP contribution in [0.15, 0.2) is 29.4 Å². The van der Waals surface area contributed by atoms with Crippen LogP contribution in [-0.2, 0) is 4.79 Å². The number of carbonyl (C=O) groups is 2. The van der Waals surface area contributed by atoms with Crippen LogP contribution in [-0.4, -0.2) is 29.4 Å². The molecule has 0 bridgehead atoms. The van der Waals surface area contributed by atoms with Crippen molar-refractivity contribution in [1.29, 1.82) is 0 Å². The number of benzene rings is 1. The van der Waals surface area contributed by atoms with Gasteiger partial charge in [0.2, 0.25) is 0 Å². The van der Waals surface area contributed by atoms with Gasteiger partial charge in [-0.3, -0.25) is 4.79 Å². The maximum absolute atomic E-state index is 11.4. The molecule has 0 heterocycles. The molecule has 0 aliphatic carbocycles. The molecule has 1 rings (SSSR count). The molecule has 0 atom stereocenters. The van der Waals surface area contributed by atoms with Crippen molar-refractivity contribution in [2.24, 2.45) is 5.10 Å². The van der Waals surface area contributed by atoms with E-state index in [9.17, 15) is 9.59 Å². The highest BCUT2D eigenvalue weighted by Gasteiger charge is 2.01. The number of amides is 2. The maximum Gasteiger partial charge on any atom is 0.335 e. The first-order valence-electron chi connectivity index (χ1n) is 6.36. The number of hydrazone groups is 1. The molecule has 1 aromatic rings. The molecule has 0 aliphatic heterocycles. The van der Waals surface area contributed by atoms with Crippen LogP contribution in [0.2, 0.25) is 0 Å². The highest BCUT2D eigenvalue weighted by atomic mass is 16.4. The second-order valence-corrected chi connectivity index (χ2v) is 4.43. The number of carboxylic acids is 1. The number of aliphatic carboxylic acids is 1. The summed E-state index contributed by atoms with van der Waals surface area (Å²) in [7, 11) is 0. The van der Waals surface area contributed by atoms with Gasteiger partial charge in [-0.15, -0.1) is 0 Å². The molecule has 0 saturated carbocycles. The van der Waals surface area contributed by atoms with Gasteiger partial charge in [-0.1, -0.05) is 29.8 Å². The molecule has 0 spiro atoms. The molecule has 1 aromatic carbocycles. The van der Waals surface area contributed by atoms with E-state index in [0.717, 1.165) is 11.1 Å². The number of rotatable bonds is 6. The first-order chi connectivity index (χ1) is 9.49. The van der Waals surface area contributed by atoms with E-state index in [-0.39, 0.29) is 6.42 Å². The van der Waals surface area contributed by atoms with Gasteiger partial charge >= 0.3 is 12.0 Å². The van der Waals surface area contributed by atoms with E-state index in [1.165, 1.54) is 0 Å². The van der Waals surface area contributed by atoms with E-state index >= 15 is 0 Å². The van der Waals surface area contributed by atoms with Crippen molar-refractivity contribution in [2.45, 2.75) is 26.7 Å². The Labute approximate surface area is 117 Å². The minimum absolute atomic E-state index is 0.0337. The number of aryl methyl sites for hydroxylation is 1. The average Bonchev–Trinajstić information content (AvgIpc) is 2.41. The summed E-state index contributed by atoms with van der Waals surface area (Å²) >= 11 is 0. The summed E-state index contributed by atoms with van der Waals surface area (Å²) in [5, 5.41) is 15.0. The Morgan fingerprint density at radius 2 is 1.90 bits per heavy atom. The minimum Gasteiger partial charge on any atom is -0.481 e. The minimum atomic E-state index is -0.875. The molecular formula is C14H19N3O3. The summed E-state index contributed by atoms with van der Waals surface area (Å²) in [6.45, 7) is 4.10. The van der Waals surface area contributed by atoms with Crippen LogP contribution in [0.1, 0.15) is 30.9 Å². The van der Waals surface area contributed by atoms with E-state index in [0.29, 0.717) is 18.7 Å². The van der Waals surface area contributed by atoms with Gasteiger partial charge in [0, 0.05) is 13.0 Å². The molecule has 2 amide bonds. The molecule has 3 N–H and O–H groups in total. The lowest BCUT2D eigenvalue weighted by molar-refractivity contribution is -0.137. The highest BCUT2D eigenvalue weighted by Crippen LogP contribution is 2.04. The first kappa shape index (κ1) is 15.7. The van der Waals surface area contributed by atoms with Crippen LogP contribution in [0.25, 0.3) is 0 Å². The maximum atomic E-state index is 11.4. The molecular weight excluding hydrogens is 258 g/mol. The number of nitrogens with zero attached hydrogens (tertiary/aromatic N) is 1. The number of carbonyl (C=O) groups excluding carboxylic acids is 1. The first-order valence-corrected chi connectivity index (χ1v) is 6.36. The van der Waals surface area contributed by atoms with Gasteiger partial charge in [0.15, 0.2) is 0 Å². The Balaban J connectivity index is 2.36. The van der Waals surface area contributed by atoms with E-state index < -0.39 is 12.0 Å². The third-order valence-corrected chi connectivity index (χ3v) is 2.65. The summed E-state index contributed by atoms with van der Waals surface area (Å²) in [6.07, 6.45) is 0.426. The van der Waals surface area contributed by atoms with Crippen LogP contribution in [0.5, 0.6) is 0 Å². The summed E-state index contributed by atoms with van der Waals surface area (Å²) in [5.41, 5.74) is 5.16. The van der Waals surface area contributed by atoms with E-state index in [2.05, 4.69) is 15.8 Å². The Hall–Kier alpha value is -2.37. The smallest absolute Gasteiger partial charge is 0.335 e. The Kier molecular flexibility index (Phi) is 6.22. The number of carboxylic acid groups (broad SMARTS) is 1. The number of nitrogens with one attached hydrogen (secondary N) is 2. The molecule has 0 saturated heterocycles. The highest BCUT2D eigenvalue weighted by molar-refractivity contribution is 5.99. The lowest BCUT2D eigenvalue weighted by Crippen LogP contribution is -2.33. The SMILES string of the molecule is C/C(=N\NC(=O)NCCCC(=O)O)c1ccc(C)cc1. The lowest BCUT2D eigenvalue weighted by atomic mass is 10.1. The number of urea groups is 1. The van der Waals surface area contributed by atoms with Crippen molar-refractivity contribution >= 4 is 17.7 Å². The molecule has 108 valence electrons. The van der Waals surface area contributed by atoms with Crippen molar-refractivity contribution < 1.29 is 14.7 Å². The van der Waals surface area contributed by atoms with E-state index in [1.807, 2.05) is 31.2 Å². The van der Waals surface area contributed by atoms with Gasteiger partial charge in [-0.25, -0.2) is 10.2 Å². The Bertz CT molecular complexity index is 495. The number of hydrogen-bond acceptors (Lipinski definition) is 3. The van der Waals surface area contributed by atoms with Gasteiger partial charge < -0.3 is 10.4 Å². The van der Waals surface area contributed by atoms with Crippen molar-refractivity contribution in [3.05, 3.63) is 35.4 Å². The van der Waals surface area contributed by atoms with Crippen LogP contribution < -0.4 is 10.7 Å². The fourth-order valence-electron chi connectivity index (χ4n) is 1.48. The van der Waals surface area contributed by atoms with Crippen LogP contribution in [0, 0.1) is 6.92 Å². The topological polar surface area (TPSA) is 90.8 Å². The quantitative estimate of drug-likeness (QED) is 0.421. The predicted molar refractivity (Wildman–Crippen MR) is 76.8 cm³/mol. The molecule has 0 aliphatic rings. The second-order valence-electron chi connectivity index (χ2n) is 4.43. The van der Waals surface area contributed by atoms with Gasteiger partial charge in [0.1, 0.15) is 0 Å². The van der Waals surface area contributed by atoms with Gasteiger partial charge in [-0.05, 0) is 25.8 Å². The monoisotopic (exact) mass is 277 g/mol. The molecule has 6 heteroatoms. The summed E-state index contributed by atoms with van der Waals surface area (Å²) < 4.78 is 0. The van der Waals surface area contributed by atoms with Crippen molar-refractivity contribution in [3.8, 4) is 0 Å². The van der Waals surface area contributed by atoms with E-state index in [4.69, 9.17) is 5.11 Å². The Morgan fingerprint density at radius 1 is 1.25 bits per heavy atom. The fourth-order valence-corrected chi connectivity index (χ4v) is 1.48. The van der Waals surface area contributed by atoms with Crippen LogP contribution in [0.3, 0.4) is 0 Å². The molecule has 0 unspecified atom stereocenters. The van der Waals surface area contributed by atoms with E-state index in [1.54, 1.807) is 6.92 Å². The third kappa shape index (κ3) is 5.99. The summed E-state index contributed by atoms with van der Waals surface area (Å²) in [4.78, 5) is 21.7.